The SMILES string of the molecule is COC(=O)c1[nH]c(C(=O)OC)c([O-])c1[O-].[Na+].[Na+]. The van der Waals surface area contributed by atoms with Gasteiger partial charge in [-0.3, -0.25) is 0 Å². The van der Waals surface area contributed by atoms with E-state index in [1.54, 1.807) is 0 Å². The molecule has 82 valence electrons. The van der Waals surface area contributed by atoms with Crippen molar-refractivity contribution < 1.29 is 88.4 Å². The Hall–Kier alpha value is -0.180. The van der Waals surface area contributed by atoms with E-state index in [1.165, 1.54) is 0 Å². The number of ether oxygens (including phenoxy) is 2. The monoisotopic (exact) mass is 259 g/mol. The number of aromatic nitrogens is 1. The van der Waals surface area contributed by atoms with Crippen molar-refractivity contribution in [2.24, 2.45) is 0 Å². The van der Waals surface area contributed by atoms with Gasteiger partial charge in [-0.2, -0.15) is 0 Å². The Morgan fingerprint density at radius 1 is 0.941 bits per heavy atom. The zero-order valence-corrected chi connectivity index (χ0v) is 13.9. The van der Waals surface area contributed by atoms with E-state index < -0.39 is 34.8 Å². The summed E-state index contributed by atoms with van der Waals surface area (Å²) in [5.74, 6) is -4.23. The number of aromatic amines is 1. The van der Waals surface area contributed by atoms with Crippen LogP contribution in [0.5, 0.6) is 11.5 Å². The first-order valence-electron chi connectivity index (χ1n) is 3.79. The Balaban J connectivity index is 0. The summed E-state index contributed by atoms with van der Waals surface area (Å²) >= 11 is 0. The van der Waals surface area contributed by atoms with Gasteiger partial charge in [0.2, 0.25) is 0 Å². The Morgan fingerprint density at radius 3 is 1.47 bits per heavy atom. The van der Waals surface area contributed by atoms with Crippen molar-refractivity contribution in [3.63, 3.8) is 0 Å². The Kier molecular flexibility index (Phi) is 9.04. The van der Waals surface area contributed by atoms with Crippen LogP contribution in [0.25, 0.3) is 0 Å². The Bertz CT molecular complexity index is 380. The molecule has 0 saturated carbocycles. The van der Waals surface area contributed by atoms with Crippen LogP contribution < -0.4 is 69.3 Å². The minimum atomic E-state index is -1.11. The first-order chi connectivity index (χ1) is 7.02. The van der Waals surface area contributed by atoms with Gasteiger partial charge in [-0.1, -0.05) is 11.5 Å². The van der Waals surface area contributed by atoms with Crippen LogP contribution >= 0.6 is 0 Å². The standard InChI is InChI=1S/C8H9NO6.2Na/c1-14-7(12)3-5(10)6(11)4(9-3)8(13)15-2;;/h9-11H,1-2H3;;/q;2*+1/p-2. The number of nitrogens with one attached hydrogen (secondary N) is 1. The number of esters is 2. The van der Waals surface area contributed by atoms with Gasteiger partial charge < -0.3 is 24.7 Å². The molecule has 0 spiro atoms. The van der Waals surface area contributed by atoms with Gasteiger partial charge in [0.25, 0.3) is 0 Å². The fraction of sp³-hybridized carbons (Fsp3) is 0.250. The van der Waals surface area contributed by atoms with Gasteiger partial charge in [0.15, 0.2) is 0 Å². The summed E-state index contributed by atoms with van der Waals surface area (Å²) in [5, 5.41) is 22.3. The van der Waals surface area contributed by atoms with Crippen molar-refractivity contribution in [1.82, 2.24) is 4.98 Å². The van der Waals surface area contributed by atoms with Crippen LogP contribution in [0.2, 0.25) is 0 Å². The van der Waals surface area contributed by atoms with Gasteiger partial charge in [-0.25, -0.2) is 9.59 Å². The molecule has 0 unspecified atom stereocenters. The van der Waals surface area contributed by atoms with E-state index in [2.05, 4.69) is 14.5 Å². The maximum atomic E-state index is 11.2. The summed E-state index contributed by atoms with van der Waals surface area (Å²) in [6.07, 6.45) is 0. The molecule has 0 radical (unpaired) electrons. The molecule has 0 bridgehead atoms. The number of carbonyl (C=O) groups excluding carboxylic acids is 2. The molecule has 0 atom stereocenters. The molecule has 1 rings (SSSR count). The third-order valence-corrected chi connectivity index (χ3v) is 1.69. The fourth-order valence-corrected chi connectivity index (χ4v) is 0.957. The molecule has 9 heteroatoms. The van der Waals surface area contributed by atoms with Crippen LogP contribution in [-0.2, 0) is 9.47 Å². The third-order valence-electron chi connectivity index (χ3n) is 1.69. The van der Waals surface area contributed by atoms with Gasteiger partial charge in [0.1, 0.15) is 11.4 Å². The number of rotatable bonds is 2. The number of hydrogen-bond donors (Lipinski definition) is 1. The van der Waals surface area contributed by atoms with Gasteiger partial charge in [-0.15, -0.1) is 0 Å². The van der Waals surface area contributed by atoms with Crippen LogP contribution in [0.3, 0.4) is 0 Å². The van der Waals surface area contributed by atoms with E-state index in [0.29, 0.717) is 0 Å². The molecule has 1 N–H and O–H groups in total. The predicted octanol–water partition coefficient (Wildman–Crippen LogP) is -7.26. The minimum Gasteiger partial charge on any atom is -0.871 e. The molecule has 0 amide bonds. The number of carbonyl (C=O) groups is 2. The van der Waals surface area contributed by atoms with E-state index in [1.807, 2.05) is 0 Å². The molecule has 0 aliphatic heterocycles. The van der Waals surface area contributed by atoms with E-state index in [9.17, 15) is 19.8 Å². The average molecular weight is 259 g/mol. The average Bonchev–Trinajstić information content (AvgIpc) is 2.54. The van der Waals surface area contributed by atoms with E-state index >= 15 is 0 Å². The Morgan fingerprint density at radius 2 is 1.24 bits per heavy atom. The molecule has 0 aromatic carbocycles. The molecule has 1 aromatic rings. The maximum Gasteiger partial charge on any atom is 1.00 e. The zero-order valence-electron chi connectivity index (χ0n) is 9.95. The minimum absolute atomic E-state index is 0. The van der Waals surface area contributed by atoms with Crippen molar-refractivity contribution >= 4 is 11.9 Å². The van der Waals surface area contributed by atoms with Crippen molar-refractivity contribution in [3.8, 4) is 11.5 Å². The maximum absolute atomic E-state index is 11.2. The summed E-state index contributed by atoms with van der Waals surface area (Å²) in [5.41, 5.74) is -1.16. The normalized spacial score (nSPS) is 8.59. The molecule has 1 heterocycles. The number of hydrogen-bond acceptors (Lipinski definition) is 6. The van der Waals surface area contributed by atoms with Gasteiger partial charge in [0, 0.05) is 0 Å². The summed E-state index contributed by atoms with van der Waals surface area (Å²) in [4.78, 5) is 24.0. The topological polar surface area (TPSA) is 115 Å². The second-order valence-corrected chi connectivity index (χ2v) is 2.52. The summed E-state index contributed by atoms with van der Waals surface area (Å²) in [7, 11) is 2.09. The van der Waals surface area contributed by atoms with Crippen LogP contribution in [0, 0.1) is 0 Å². The van der Waals surface area contributed by atoms with E-state index in [4.69, 9.17) is 0 Å². The largest absolute Gasteiger partial charge is 1.00 e. The van der Waals surface area contributed by atoms with Gasteiger partial charge in [-0.05, 0) is 0 Å². The molecule has 0 aliphatic carbocycles. The summed E-state index contributed by atoms with van der Waals surface area (Å²) in [6, 6.07) is 0. The number of H-pyrrole nitrogens is 1. The Labute approximate surface area is 141 Å². The van der Waals surface area contributed by atoms with Crippen molar-refractivity contribution in [2.75, 3.05) is 14.2 Å². The molecular weight excluding hydrogens is 252 g/mol. The first-order valence-corrected chi connectivity index (χ1v) is 3.79. The number of methoxy groups -OCH3 is 2. The van der Waals surface area contributed by atoms with Gasteiger partial charge >= 0.3 is 71.1 Å². The molecule has 7 nitrogen and oxygen atoms in total. The van der Waals surface area contributed by atoms with Crippen LogP contribution in [-0.4, -0.2) is 31.1 Å². The second-order valence-electron chi connectivity index (χ2n) is 2.52. The molecule has 0 saturated heterocycles. The third kappa shape index (κ3) is 3.90. The van der Waals surface area contributed by atoms with Crippen molar-refractivity contribution in [2.45, 2.75) is 0 Å². The molecular formula is C8H7NNa2O6. The quantitative estimate of drug-likeness (QED) is 0.417. The molecule has 1 aromatic heterocycles. The van der Waals surface area contributed by atoms with E-state index in [-0.39, 0.29) is 59.1 Å². The summed E-state index contributed by atoms with van der Waals surface area (Å²) in [6.45, 7) is 0. The van der Waals surface area contributed by atoms with Crippen LogP contribution in [0.1, 0.15) is 21.0 Å². The smallest absolute Gasteiger partial charge is 0.871 e. The van der Waals surface area contributed by atoms with E-state index in [0.717, 1.165) is 14.2 Å². The molecule has 0 aliphatic rings. The van der Waals surface area contributed by atoms with Crippen LogP contribution in [0.15, 0.2) is 0 Å². The fourth-order valence-electron chi connectivity index (χ4n) is 0.957. The van der Waals surface area contributed by atoms with Crippen molar-refractivity contribution in [1.29, 1.82) is 0 Å². The zero-order chi connectivity index (χ0) is 11.6. The second kappa shape index (κ2) is 8.02. The molecule has 17 heavy (non-hydrogen) atoms. The van der Waals surface area contributed by atoms with Crippen LogP contribution in [0.4, 0.5) is 0 Å². The van der Waals surface area contributed by atoms with Gasteiger partial charge in [0.05, 0.1) is 14.2 Å². The molecule has 0 fully saturated rings. The predicted molar refractivity (Wildman–Crippen MR) is 42.4 cm³/mol. The van der Waals surface area contributed by atoms with Crippen molar-refractivity contribution in [3.05, 3.63) is 11.4 Å². The summed E-state index contributed by atoms with van der Waals surface area (Å²) < 4.78 is 8.48. The first kappa shape index (κ1) is 19.2.